The van der Waals surface area contributed by atoms with Crippen molar-refractivity contribution in [2.45, 2.75) is 33.2 Å². The SMILES string of the molecule is CC[C@H](N)c1ccc(OCCN(CC)CC)cc1. The van der Waals surface area contributed by atoms with Gasteiger partial charge < -0.3 is 15.4 Å². The van der Waals surface area contributed by atoms with Crippen molar-refractivity contribution in [1.82, 2.24) is 4.90 Å². The monoisotopic (exact) mass is 250 g/mol. The van der Waals surface area contributed by atoms with E-state index < -0.39 is 0 Å². The summed E-state index contributed by atoms with van der Waals surface area (Å²) in [4.78, 5) is 2.35. The van der Waals surface area contributed by atoms with Gasteiger partial charge in [0.1, 0.15) is 12.4 Å². The van der Waals surface area contributed by atoms with Gasteiger partial charge in [-0.2, -0.15) is 0 Å². The lowest BCUT2D eigenvalue weighted by atomic mass is 10.1. The van der Waals surface area contributed by atoms with Crippen LogP contribution in [0.4, 0.5) is 0 Å². The largest absolute Gasteiger partial charge is 0.492 e. The average molecular weight is 250 g/mol. The van der Waals surface area contributed by atoms with Gasteiger partial charge in [0.15, 0.2) is 0 Å². The highest BCUT2D eigenvalue weighted by atomic mass is 16.5. The third-order valence-corrected chi connectivity index (χ3v) is 3.32. The van der Waals surface area contributed by atoms with Crippen LogP contribution in [0.5, 0.6) is 5.75 Å². The molecule has 1 aromatic rings. The van der Waals surface area contributed by atoms with Crippen molar-refractivity contribution >= 4 is 0 Å². The van der Waals surface area contributed by atoms with E-state index in [0.717, 1.165) is 38.4 Å². The molecule has 2 N–H and O–H groups in total. The third kappa shape index (κ3) is 4.67. The zero-order chi connectivity index (χ0) is 13.4. The number of rotatable bonds is 8. The van der Waals surface area contributed by atoms with Crippen molar-refractivity contribution in [3.05, 3.63) is 29.8 Å². The van der Waals surface area contributed by atoms with Crippen LogP contribution in [0, 0.1) is 0 Å². The Morgan fingerprint density at radius 2 is 1.72 bits per heavy atom. The lowest BCUT2D eigenvalue weighted by Crippen LogP contribution is -2.27. The molecular weight excluding hydrogens is 224 g/mol. The molecule has 0 aliphatic carbocycles. The summed E-state index contributed by atoms with van der Waals surface area (Å²) in [6, 6.07) is 8.26. The second-order valence-electron chi connectivity index (χ2n) is 4.46. The van der Waals surface area contributed by atoms with Crippen LogP contribution < -0.4 is 10.5 Å². The molecular formula is C15H26N2O. The number of likely N-dealkylation sites (N-methyl/N-ethyl adjacent to an activating group) is 1. The van der Waals surface area contributed by atoms with Crippen LogP contribution in [0.1, 0.15) is 38.8 Å². The first-order chi connectivity index (χ1) is 8.71. The minimum Gasteiger partial charge on any atom is -0.492 e. The van der Waals surface area contributed by atoms with Crippen molar-refractivity contribution in [2.75, 3.05) is 26.2 Å². The Hall–Kier alpha value is -1.06. The van der Waals surface area contributed by atoms with E-state index in [1.165, 1.54) is 5.56 Å². The molecule has 0 saturated heterocycles. The van der Waals surface area contributed by atoms with Crippen molar-refractivity contribution in [3.63, 3.8) is 0 Å². The van der Waals surface area contributed by atoms with Crippen LogP contribution in [0.3, 0.4) is 0 Å². The van der Waals surface area contributed by atoms with Gasteiger partial charge in [-0.25, -0.2) is 0 Å². The summed E-state index contributed by atoms with van der Waals surface area (Å²) < 4.78 is 5.73. The summed E-state index contributed by atoms with van der Waals surface area (Å²) in [5.74, 6) is 0.925. The zero-order valence-corrected chi connectivity index (χ0v) is 11.9. The van der Waals surface area contributed by atoms with Gasteiger partial charge in [-0.05, 0) is 37.2 Å². The van der Waals surface area contributed by atoms with Crippen LogP contribution in [-0.4, -0.2) is 31.1 Å². The van der Waals surface area contributed by atoms with E-state index in [2.05, 4.69) is 37.8 Å². The third-order valence-electron chi connectivity index (χ3n) is 3.32. The van der Waals surface area contributed by atoms with Gasteiger partial charge in [-0.3, -0.25) is 0 Å². The quantitative estimate of drug-likeness (QED) is 0.771. The highest BCUT2D eigenvalue weighted by Gasteiger charge is 2.03. The van der Waals surface area contributed by atoms with Gasteiger partial charge in [0.25, 0.3) is 0 Å². The van der Waals surface area contributed by atoms with Gasteiger partial charge in [-0.15, -0.1) is 0 Å². The molecule has 0 aliphatic rings. The molecule has 1 atom stereocenters. The number of hydrogen-bond acceptors (Lipinski definition) is 3. The first kappa shape index (κ1) is 15.0. The molecule has 0 bridgehead atoms. The maximum Gasteiger partial charge on any atom is 0.119 e. The molecule has 0 fully saturated rings. The molecule has 0 unspecified atom stereocenters. The lowest BCUT2D eigenvalue weighted by Gasteiger charge is -2.18. The fraction of sp³-hybridized carbons (Fsp3) is 0.600. The van der Waals surface area contributed by atoms with Gasteiger partial charge in [0.2, 0.25) is 0 Å². The molecule has 0 aromatic heterocycles. The smallest absolute Gasteiger partial charge is 0.119 e. The molecule has 3 nitrogen and oxygen atoms in total. The zero-order valence-electron chi connectivity index (χ0n) is 11.9. The fourth-order valence-corrected chi connectivity index (χ4v) is 1.88. The average Bonchev–Trinajstić information content (AvgIpc) is 2.43. The van der Waals surface area contributed by atoms with Gasteiger partial charge >= 0.3 is 0 Å². The van der Waals surface area contributed by atoms with Crippen molar-refractivity contribution in [1.29, 1.82) is 0 Å². The Morgan fingerprint density at radius 3 is 2.22 bits per heavy atom. The van der Waals surface area contributed by atoms with Crippen LogP contribution in [0.2, 0.25) is 0 Å². The van der Waals surface area contributed by atoms with Crippen molar-refractivity contribution in [2.24, 2.45) is 5.73 Å². The van der Waals surface area contributed by atoms with E-state index in [9.17, 15) is 0 Å². The summed E-state index contributed by atoms with van der Waals surface area (Å²) in [6.45, 7) is 10.3. The second-order valence-corrected chi connectivity index (χ2v) is 4.46. The van der Waals surface area contributed by atoms with Crippen LogP contribution in [0.25, 0.3) is 0 Å². The molecule has 0 aliphatic heterocycles. The molecule has 1 aromatic carbocycles. The minimum absolute atomic E-state index is 0.134. The Labute approximate surface area is 111 Å². The number of hydrogen-bond donors (Lipinski definition) is 1. The van der Waals surface area contributed by atoms with E-state index in [4.69, 9.17) is 10.5 Å². The topological polar surface area (TPSA) is 38.5 Å². The first-order valence-corrected chi connectivity index (χ1v) is 6.91. The van der Waals surface area contributed by atoms with Gasteiger partial charge in [0.05, 0.1) is 0 Å². The molecule has 102 valence electrons. The molecule has 0 spiro atoms. The molecule has 0 heterocycles. The fourth-order valence-electron chi connectivity index (χ4n) is 1.88. The Balaban J connectivity index is 2.39. The molecule has 0 amide bonds. The maximum absolute atomic E-state index is 5.97. The summed E-state index contributed by atoms with van der Waals surface area (Å²) in [5.41, 5.74) is 7.15. The van der Waals surface area contributed by atoms with Gasteiger partial charge in [0, 0.05) is 12.6 Å². The molecule has 3 heteroatoms. The Kier molecular flexibility index (Phi) is 6.76. The summed E-state index contributed by atoms with van der Waals surface area (Å²) in [7, 11) is 0. The van der Waals surface area contributed by atoms with Crippen LogP contribution in [0.15, 0.2) is 24.3 Å². The lowest BCUT2D eigenvalue weighted by molar-refractivity contribution is 0.223. The van der Waals surface area contributed by atoms with Crippen molar-refractivity contribution in [3.8, 4) is 5.75 Å². The second kappa shape index (κ2) is 8.11. The van der Waals surface area contributed by atoms with Crippen LogP contribution in [-0.2, 0) is 0 Å². The standard InChI is InChI=1S/C15H26N2O/c1-4-15(16)13-7-9-14(10-8-13)18-12-11-17(5-2)6-3/h7-10,15H,4-6,11-12,16H2,1-3H3/t15-/m0/s1. The Morgan fingerprint density at radius 1 is 1.11 bits per heavy atom. The van der Waals surface area contributed by atoms with E-state index in [0.29, 0.717) is 0 Å². The molecule has 0 radical (unpaired) electrons. The van der Waals surface area contributed by atoms with Gasteiger partial charge in [-0.1, -0.05) is 32.9 Å². The summed E-state index contributed by atoms with van der Waals surface area (Å²) in [6.07, 6.45) is 0.960. The number of nitrogens with two attached hydrogens (primary N) is 1. The predicted molar refractivity (Wildman–Crippen MR) is 76.9 cm³/mol. The summed E-state index contributed by atoms with van der Waals surface area (Å²) in [5, 5.41) is 0. The minimum atomic E-state index is 0.134. The number of nitrogens with zero attached hydrogens (tertiary/aromatic N) is 1. The van der Waals surface area contributed by atoms with Crippen LogP contribution >= 0.6 is 0 Å². The highest BCUT2D eigenvalue weighted by molar-refractivity contribution is 5.28. The number of ether oxygens (including phenoxy) is 1. The van der Waals surface area contributed by atoms with E-state index >= 15 is 0 Å². The molecule has 1 rings (SSSR count). The van der Waals surface area contributed by atoms with E-state index in [1.54, 1.807) is 0 Å². The van der Waals surface area contributed by atoms with Crippen molar-refractivity contribution < 1.29 is 4.74 Å². The predicted octanol–water partition coefficient (Wildman–Crippen LogP) is 2.82. The summed E-state index contributed by atoms with van der Waals surface area (Å²) >= 11 is 0. The van der Waals surface area contributed by atoms with E-state index in [1.807, 2.05) is 12.1 Å². The first-order valence-electron chi connectivity index (χ1n) is 6.91. The van der Waals surface area contributed by atoms with E-state index in [-0.39, 0.29) is 6.04 Å². The highest BCUT2D eigenvalue weighted by Crippen LogP contribution is 2.18. The Bertz CT molecular complexity index is 320. The molecule has 0 saturated carbocycles. The normalized spacial score (nSPS) is 12.7. The molecule has 18 heavy (non-hydrogen) atoms. The maximum atomic E-state index is 5.97. The number of benzene rings is 1.